The highest BCUT2D eigenvalue weighted by molar-refractivity contribution is 6.21. The van der Waals surface area contributed by atoms with Crippen molar-refractivity contribution >= 4 is 28.3 Å². The van der Waals surface area contributed by atoms with E-state index in [4.69, 9.17) is 0 Å². The van der Waals surface area contributed by atoms with E-state index in [-0.39, 0.29) is 5.78 Å². The molecule has 0 amide bonds. The van der Waals surface area contributed by atoms with E-state index in [2.05, 4.69) is 23.5 Å². The van der Waals surface area contributed by atoms with Crippen LogP contribution in [0, 0.1) is 0 Å². The van der Waals surface area contributed by atoms with E-state index < -0.39 is 0 Å². The first-order chi connectivity index (χ1) is 10.3. The molecule has 2 aromatic carbocycles. The number of hydrogen-bond donors (Lipinski definition) is 1. The predicted molar refractivity (Wildman–Crippen MR) is 87.8 cm³/mol. The van der Waals surface area contributed by atoms with Crippen LogP contribution in [0.1, 0.15) is 48.0 Å². The molecule has 1 N–H and O–H groups in total. The largest absolute Gasteiger partial charge is 0.382 e. The summed E-state index contributed by atoms with van der Waals surface area (Å²) in [6.45, 7) is 0. The summed E-state index contributed by atoms with van der Waals surface area (Å²) in [5.41, 5.74) is 3.15. The minimum absolute atomic E-state index is 0.114. The number of benzene rings is 2. The Morgan fingerprint density at radius 3 is 2.67 bits per heavy atom. The Kier molecular flexibility index (Phi) is 3.03. The summed E-state index contributed by atoms with van der Waals surface area (Å²) in [6, 6.07) is 10.9. The van der Waals surface area contributed by atoms with E-state index >= 15 is 0 Å². The topological polar surface area (TPSA) is 29.1 Å². The second-order valence-electron chi connectivity index (χ2n) is 6.11. The monoisotopic (exact) mass is 277 g/mol. The normalized spacial score (nSPS) is 18.2. The van der Waals surface area contributed by atoms with Crippen LogP contribution in [0.5, 0.6) is 0 Å². The third-order valence-electron chi connectivity index (χ3n) is 4.72. The number of nitrogens with one attached hydrogen (secondary N) is 1. The number of hydrogen-bond acceptors (Lipinski definition) is 2. The fraction of sp³-hybridized carbons (Fsp3) is 0.316. The van der Waals surface area contributed by atoms with E-state index in [1.54, 1.807) is 6.08 Å². The minimum Gasteiger partial charge on any atom is -0.382 e. The fourth-order valence-corrected chi connectivity index (χ4v) is 3.63. The van der Waals surface area contributed by atoms with Gasteiger partial charge in [-0.25, -0.2) is 0 Å². The maximum Gasteiger partial charge on any atom is 0.186 e. The number of rotatable bonds is 2. The van der Waals surface area contributed by atoms with Crippen molar-refractivity contribution in [2.24, 2.45) is 0 Å². The second-order valence-corrected chi connectivity index (χ2v) is 6.11. The molecule has 0 heterocycles. The summed E-state index contributed by atoms with van der Waals surface area (Å²) in [6.07, 6.45) is 10.1. The molecule has 2 aliphatic carbocycles. The smallest absolute Gasteiger partial charge is 0.186 e. The summed E-state index contributed by atoms with van der Waals surface area (Å²) >= 11 is 0. The van der Waals surface area contributed by atoms with Crippen molar-refractivity contribution in [2.75, 3.05) is 5.32 Å². The van der Waals surface area contributed by atoms with Crippen LogP contribution >= 0.6 is 0 Å². The third-order valence-corrected chi connectivity index (χ3v) is 4.72. The Morgan fingerprint density at radius 2 is 1.81 bits per heavy atom. The molecule has 106 valence electrons. The molecule has 0 aliphatic heterocycles. The maximum atomic E-state index is 12.1. The van der Waals surface area contributed by atoms with Gasteiger partial charge in [-0.15, -0.1) is 0 Å². The first kappa shape index (κ1) is 12.6. The molecule has 4 rings (SSSR count). The molecule has 0 bridgehead atoms. The molecule has 0 unspecified atom stereocenters. The molecule has 0 saturated heterocycles. The third kappa shape index (κ3) is 2.15. The van der Waals surface area contributed by atoms with Crippen LogP contribution in [-0.2, 0) is 0 Å². The van der Waals surface area contributed by atoms with E-state index in [1.165, 1.54) is 43.2 Å². The van der Waals surface area contributed by atoms with Crippen LogP contribution in [0.4, 0.5) is 5.69 Å². The summed E-state index contributed by atoms with van der Waals surface area (Å²) in [5.74, 6) is 0.114. The molecule has 0 aromatic heterocycles. The summed E-state index contributed by atoms with van der Waals surface area (Å²) < 4.78 is 0. The molecule has 2 heteroatoms. The van der Waals surface area contributed by atoms with Crippen LogP contribution in [0.2, 0.25) is 0 Å². The summed E-state index contributed by atoms with van der Waals surface area (Å²) in [5, 5.41) is 5.98. The molecular weight excluding hydrogens is 258 g/mol. The minimum atomic E-state index is 0.114. The van der Waals surface area contributed by atoms with Crippen LogP contribution in [0.25, 0.3) is 16.8 Å². The zero-order valence-electron chi connectivity index (χ0n) is 12.1. The average molecular weight is 277 g/mol. The molecule has 0 spiro atoms. The molecule has 0 radical (unpaired) electrons. The lowest BCUT2D eigenvalue weighted by molar-refractivity contribution is 0.104. The van der Waals surface area contributed by atoms with Crippen molar-refractivity contribution in [3.8, 4) is 0 Å². The fourth-order valence-electron chi connectivity index (χ4n) is 3.63. The van der Waals surface area contributed by atoms with E-state index in [1.807, 2.05) is 18.2 Å². The number of ketones is 1. The molecule has 2 aromatic rings. The van der Waals surface area contributed by atoms with Crippen molar-refractivity contribution in [1.82, 2.24) is 0 Å². The first-order valence-corrected chi connectivity index (χ1v) is 7.87. The lowest BCUT2D eigenvalue weighted by Gasteiger charge is -2.25. The van der Waals surface area contributed by atoms with Gasteiger partial charge in [-0.1, -0.05) is 49.6 Å². The Balaban J connectivity index is 1.81. The van der Waals surface area contributed by atoms with Crippen LogP contribution in [0.15, 0.2) is 36.4 Å². The van der Waals surface area contributed by atoms with E-state index in [9.17, 15) is 4.79 Å². The molecule has 0 atom stereocenters. The SMILES string of the molecule is O=C1C=Cc2ccc(NC3CCCCC3)c3cccc1c23. The Labute approximate surface area is 124 Å². The molecule has 1 fully saturated rings. The maximum absolute atomic E-state index is 12.1. The van der Waals surface area contributed by atoms with Crippen LogP contribution in [-0.4, -0.2) is 11.8 Å². The predicted octanol–water partition coefficient (Wildman–Crippen LogP) is 4.79. The Hall–Kier alpha value is -2.09. The number of allylic oxidation sites excluding steroid dienone is 1. The summed E-state index contributed by atoms with van der Waals surface area (Å²) in [4.78, 5) is 12.1. The highest BCUT2D eigenvalue weighted by Gasteiger charge is 2.18. The lowest BCUT2D eigenvalue weighted by Crippen LogP contribution is -2.22. The highest BCUT2D eigenvalue weighted by atomic mass is 16.1. The van der Waals surface area contributed by atoms with Gasteiger partial charge in [0.25, 0.3) is 0 Å². The van der Waals surface area contributed by atoms with Crippen molar-refractivity contribution in [3.05, 3.63) is 47.5 Å². The van der Waals surface area contributed by atoms with Crippen molar-refractivity contribution in [3.63, 3.8) is 0 Å². The molecule has 2 aliphatic rings. The van der Waals surface area contributed by atoms with Gasteiger partial charge in [0.05, 0.1) is 0 Å². The van der Waals surface area contributed by atoms with Crippen molar-refractivity contribution < 1.29 is 4.79 Å². The Morgan fingerprint density at radius 1 is 0.952 bits per heavy atom. The molecular formula is C19H19NO. The number of carbonyl (C=O) groups excluding carboxylic acids is 1. The van der Waals surface area contributed by atoms with Crippen LogP contribution < -0.4 is 5.32 Å². The quantitative estimate of drug-likeness (QED) is 0.854. The number of carbonyl (C=O) groups is 1. The molecule has 21 heavy (non-hydrogen) atoms. The zero-order valence-corrected chi connectivity index (χ0v) is 12.1. The zero-order chi connectivity index (χ0) is 14.2. The van der Waals surface area contributed by atoms with Gasteiger partial charge in [-0.2, -0.15) is 0 Å². The van der Waals surface area contributed by atoms with Crippen molar-refractivity contribution in [2.45, 2.75) is 38.1 Å². The number of anilines is 1. The van der Waals surface area contributed by atoms with Crippen LogP contribution in [0.3, 0.4) is 0 Å². The standard InChI is InChI=1S/C19H19NO/c21-18-12-10-13-9-11-17(20-14-5-2-1-3-6-14)15-7-4-8-16(18)19(13)15/h4,7-12,14,20H,1-3,5-6H2. The van der Waals surface area contributed by atoms with Gasteiger partial charge < -0.3 is 5.32 Å². The van der Waals surface area contributed by atoms with Gasteiger partial charge in [0, 0.05) is 28.1 Å². The highest BCUT2D eigenvalue weighted by Crippen LogP contribution is 2.34. The van der Waals surface area contributed by atoms with E-state index in [0.29, 0.717) is 6.04 Å². The van der Waals surface area contributed by atoms with Gasteiger partial charge in [0.2, 0.25) is 0 Å². The lowest BCUT2D eigenvalue weighted by atomic mass is 9.90. The van der Waals surface area contributed by atoms with Gasteiger partial charge in [0.15, 0.2) is 5.78 Å². The molecule has 2 nitrogen and oxygen atoms in total. The van der Waals surface area contributed by atoms with Gasteiger partial charge in [-0.05, 0) is 30.5 Å². The van der Waals surface area contributed by atoms with Gasteiger partial charge >= 0.3 is 0 Å². The first-order valence-electron chi connectivity index (χ1n) is 7.87. The van der Waals surface area contributed by atoms with Crippen molar-refractivity contribution in [1.29, 1.82) is 0 Å². The Bertz CT molecular complexity index is 739. The second kappa shape index (κ2) is 5.03. The molecule has 1 saturated carbocycles. The van der Waals surface area contributed by atoms with Gasteiger partial charge in [0.1, 0.15) is 0 Å². The average Bonchev–Trinajstić information content (AvgIpc) is 2.54. The van der Waals surface area contributed by atoms with Gasteiger partial charge in [-0.3, -0.25) is 4.79 Å². The van der Waals surface area contributed by atoms with E-state index in [0.717, 1.165) is 16.5 Å². The summed E-state index contributed by atoms with van der Waals surface area (Å²) in [7, 11) is 0.